The minimum absolute atomic E-state index is 0.152. The number of amides is 1. The summed E-state index contributed by atoms with van der Waals surface area (Å²) in [5, 5.41) is 6.36. The summed E-state index contributed by atoms with van der Waals surface area (Å²) < 4.78 is 16.8. The van der Waals surface area contributed by atoms with Crippen molar-refractivity contribution in [2.24, 2.45) is 0 Å². The predicted molar refractivity (Wildman–Crippen MR) is 126 cm³/mol. The maximum atomic E-state index is 12.6. The normalized spacial score (nSPS) is 12.4. The monoisotopic (exact) mass is 465 g/mol. The van der Waals surface area contributed by atoms with E-state index >= 15 is 0 Å². The van der Waals surface area contributed by atoms with Crippen molar-refractivity contribution in [2.45, 2.75) is 0 Å². The summed E-state index contributed by atoms with van der Waals surface area (Å²) in [6.45, 7) is 0.934. The number of aromatic nitrogens is 1. The molecular weight excluding hydrogens is 450 g/mol. The summed E-state index contributed by atoms with van der Waals surface area (Å²) in [5.41, 5.74) is 3.02. The van der Waals surface area contributed by atoms with Crippen LogP contribution in [-0.2, 0) is 0 Å². The molecule has 0 atom stereocenters. The Balaban J connectivity index is 1.29. The predicted octanol–water partition coefficient (Wildman–Crippen LogP) is 5.05. The topological polar surface area (TPSA) is 85.6 Å². The molecule has 0 unspecified atom stereocenters. The van der Waals surface area contributed by atoms with Crippen LogP contribution in [0.4, 0.5) is 5.69 Å². The number of nitrogens with zero attached hydrogens (tertiary/aromatic N) is 1. The van der Waals surface area contributed by atoms with Crippen LogP contribution in [0.3, 0.4) is 0 Å². The number of hydrogen-bond acceptors (Lipinski definition) is 6. The molecule has 0 saturated heterocycles. The number of anilines is 1. The number of fused-ring (bicyclic) bond motifs is 2. The van der Waals surface area contributed by atoms with Gasteiger partial charge in [-0.3, -0.25) is 10.1 Å². The van der Waals surface area contributed by atoms with Gasteiger partial charge in [-0.25, -0.2) is 4.98 Å². The number of benzene rings is 3. The van der Waals surface area contributed by atoms with Gasteiger partial charge in [-0.15, -0.1) is 0 Å². The zero-order chi connectivity index (χ0) is 22.1. The number of nitrogens with one attached hydrogen (secondary N) is 2. The minimum Gasteiger partial charge on any atom is -0.486 e. The van der Waals surface area contributed by atoms with E-state index in [-0.39, 0.29) is 11.0 Å². The van der Waals surface area contributed by atoms with E-state index in [0.29, 0.717) is 63.5 Å². The Morgan fingerprint density at radius 2 is 1.81 bits per heavy atom. The average molecular weight is 466 g/mol. The van der Waals surface area contributed by atoms with Gasteiger partial charge in [0.25, 0.3) is 5.91 Å². The molecule has 160 valence electrons. The van der Waals surface area contributed by atoms with Crippen molar-refractivity contribution in [1.29, 1.82) is 0 Å². The molecule has 1 amide bonds. The van der Waals surface area contributed by atoms with Crippen LogP contribution in [0.15, 0.2) is 65.1 Å². The zero-order valence-corrected chi connectivity index (χ0v) is 18.1. The Morgan fingerprint density at radius 3 is 2.66 bits per heavy atom. The number of hydrogen-bond donors (Lipinski definition) is 2. The number of carbonyl (C=O) groups excluding carboxylic acids is 1. The number of ether oxygens (including phenoxy) is 2. The number of carbonyl (C=O) groups is 1. The Kier molecular flexibility index (Phi) is 5.38. The molecule has 3 aromatic carbocycles. The van der Waals surface area contributed by atoms with Gasteiger partial charge in [0.05, 0.1) is 10.6 Å². The second-order valence-electron chi connectivity index (χ2n) is 6.95. The lowest BCUT2D eigenvalue weighted by Crippen LogP contribution is -2.34. The van der Waals surface area contributed by atoms with E-state index in [4.69, 9.17) is 37.7 Å². The first-order valence-electron chi connectivity index (χ1n) is 9.74. The highest BCUT2D eigenvalue weighted by molar-refractivity contribution is 7.80. The molecule has 1 aliphatic heterocycles. The number of rotatable bonds is 3. The van der Waals surface area contributed by atoms with Crippen molar-refractivity contribution in [3.05, 3.63) is 71.2 Å². The largest absolute Gasteiger partial charge is 0.486 e. The summed E-state index contributed by atoms with van der Waals surface area (Å²) >= 11 is 11.5. The third-order valence-corrected chi connectivity index (χ3v) is 5.31. The van der Waals surface area contributed by atoms with Gasteiger partial charge in [0.1, 0.15) is 18.7 Å². The van der Waals surface area contributed by atoms with Crippen molar-refractivity contribution >= 4 is 51.6 Å². The third-order valence-electron chi connectivity index (χ3n) is 4.78. The SMILES string of the molecule is O=C(NC(=S)Nc1ccc2oc(-c3ccccc3Cl)nc2c1)c1ccc2c(c1)OCCO2. The lowest BCUT2D eigenvalue weighted by Gasteiger charge is -2.18. The van der Waals surface area contributed by atoms with E-state index in [1.165, 1.54) is 0 Å². The number of thiocarbonyl (C=S) groups is 1. The maximum Gasteiger partial charge on any atom is 0.257 e. The standard InChI is InChI=1S/C23H16ClN3O4S/c24-16-4-2-1-3-15(16)22-26-17-12-14(6-8-18(17)31-22)25-23(32)27-21(28)13-5-7-19-20(11-13)30-10-9-29-19/h1-8,11-12H,9-10H2,(H2,25,27,28,32). The molecule has 0 radical (unpaired) electrons. The highest BCUT2D eigenvalue weighted by atomic mass is 35.5. The van der Waals surface area contributed by atoms with E-state index in [0.717, 1.165) is 0 Å². The number of oxazole rings is 1. The Labute approximate surface area is 193 Å². The quantitative estimate of drug-likeness (QED) is 0.409. The molecule has 4 aromatic rings. The Hall–Kier alpha value is -3.62. The highest BCUT2D eigenvalue weighted by Crippen LogP contribution is 2.31. The van der Waals surface area contributed by atoms with E-state index in [2.05, 4.69) is 15.6 Å². The molecule has 0 aliphatic carbocycles. The van der Waals surface area contributed by atoms with Crippen molar-refractivity contribution in [3.63, 3.8) is 0 Å². The van der Waals surface area contributed by atoms with Crippen LogP contribution in [-0.4, -0.2) is 29.2 Å². The molecule has 1 aromatic heterocycles. The summed E-state index contributed by atoms with van der Waals surface area (Å²) in [6.07, 6.45) is 0. The second kappa shape index (κ2) is 8.49. The average Bonchev–Trinajstić information content (AvgIpc) is 3.22. The molecule has 2 heterocycles. The van der Waals surface area contributed by atoms with Gasteiger partial charge in [0, 0.05) is 11.3 Å². The smallest absolute Gasteiger partial charge is 0.257 e. The molecule has 0 spiro atoms. The first kappa shape index (κ1) is 20.3. The van der Waals surface area contributed by atoms with Gasteiger partial charge in [-0.1, -0.05) is 23.7 Å². The molecule has 7 nitrogen and oxygen atoms in total. The van der Waals surface area contributed by atoms with E-state index < -0.39 is 0 Å². The molecule has 2 N–H and O–H groups in total. The highest BCUT2D eigenvalue weighted by Gasteiger charge is 2.16. The lowest BCUT2D eigenvalue weighted by molar-refractivity contribution is 0.0976. The lowest BCUT2D eigenvalue weighted by atomic mass is 10.2. The van der Waals surface area contributed by atoms with Gasteiger partial charge in [0.2, 0.25) is 5.89 Å². The van der Waals surface area contributed by atoms with Crippen LogP contribution in [0, 0.1) is 0 Å². The molecular formula is C23H16ClN3O4S. The molecule has 9 heteroatoms. The van der Waals surface area contributed by atoms with Crippen molar-refractivity contribution < 1.29 is 18.7 Å². The summed E-state index contributed by atoms with van der Waals surface area (Å²) in [7, 11) is 0. The summed E-state index contributed by atoms with van der Waals surface area (Å²) in [4.78, 5) is 17.1. The van der Waals surface area contributed by atoms with Gasteiger partial charge in [-0.2, -0.15) is 0 Å². The van der Waals surface area contributed by atoms with Crippen LogP contribution in [0.2, 0.25) is 5.02 Å². The van der Waals surface area contributed by atoms with Gasteiger partial charge >= 0.3 is 0 Å². The number of halogens is 1. The zero-order valence-electron chi connectivity index (χ0n) is 16.6. The fourth-order valence-electron chi connectivity index (χ4n) is 3.28. The molecule has 0 fully saturated rings. The van der Waals surface area contributed by atoms with Crippen molar-refractivity contribution in [3.8, 4) is 23.0 Å². The van der Waals surface area contributed by atoms with Crippen LogP contribution >= 0.6 is 23.8 Å². The summed E-state index contributed by atoms with van der Waals surface area (Å²) in [5.74, 6) is 1.22. The van der Waals surface area contributed by atoms with E-state index in [1.807, 2.05) is 18.2 Å². The maximum absolute atomic E-state index is 12.6. The Morgan fingerprint density at radius 1 is 1.00 bits per heavy atom. The molecule has 32 heavy (non-hydrogen) atoms. The van der Waals surface area contributed by atoms with E-state index in [9.17, 15) is 4.79 Å². The first-order valence-corrected chi connectivity index (χ1v) is 10.5. The molecule has 5 rings (SSSR count). The first-order chi connectivity index (χ1) is 15.6. The van der Waals surface area contributed by atoms with Crippen molar-refractivity contribution in [1.82, 2.24) is 10.3 Å². The van der Waals surface area contributed by atoms with Crippen LogP contribution in [0.1, 0.15) is 10.4 Å². The van der Waals surface area contributed by atoms with Crippen molar-refractivity contribution in [2.75, 3.05) is 18.5 Å². The molecule has 0 saturated carbocycles. The van der Waals surface area contributed by atoms with Crippen LogP contribution in [0.5, 0.6) is 11.5 Å². The van der Waals surface area contributed by atoms with Gasteiger partial charge < -0.3 is 19.2 Å². The third kappa shape index (κ3) is 4.10. The molecule has 1 aliphatic rings. The second-order valence-corrected chi connectivity index (χ2v) is 7.76. The van der Waals surface area contributed by atoms with Gasteiger partial charge in [-0.05, 0) is 60.7 Å². The minimum atomic E-state index is -0.358. The Bertz CT molecular complexity index is 1350. The fourth-order valence-corrected chi connectivity index (χ4v) is 3.70. The van der Waals surface area contributed by atoms with E-state index in [1.54, 1.807) is 42.5 Å². The summed E-state index contributed by atoms with van der Waals surface area (Å²) in [6, 6.07) is 17.7. The molecule has 0 bridgehead atoms. The van der Waals surface area contributed by atoms with Crippen LogP contribution in [0.25, 0.3) is 22.6 Å². The van der Waals surface area contributed by atoms with Crippen LogP contribution < -0.4 is 20.1 Å². The van der Waals surface area contributed by atoms with Gasteiger partial charge in [0.15, 0.2) is 22.2 Å². The fraction of sp³-hybridized carbons (Fsp3) is 0.0870.